The van der Waals surface area contributed by atoms with Crippen molar-refractivity contribution in [2.75, 3.05) is 0 Å². The SMILES string of the molecule is C=P1(c2ccccc2)c2ccccc2-c2cc(-c3cc(C)ccc3C)c(C)cc21. The van der Waals surface area contributed by atoms with Gasteiger partial charge in [0.25, 0.3) is 0 Å². The lowest BCUT2D eigenvalue weighted by Gasteiger charge is -2.23. The number of rotatable bonds is 2. The molecule has 0 aliphatic carbocycles. The molecule has 0 nitrogen and oxygen atoms in total. The molecule has 1 aliphatic heterocycles. The molecule has 0 fully saturated rings. The molecule has 0 spiro atoms. The summed E-state index contributed by atoms with van der Waals surface area (Å²) in [4.78, 5) is 0. The fourth-order valence-corrected chi connectivity index (χ4v) is 8.12. The van der Waals surface area contributed by atoms with E-state index in [1.807, 2.05) is 0 Å². The van der Waals surface area contributed by atoms with Crippen LogP contribution in [-0.4, -0.2) is 6.30 Å². The van der Waals surface area contributed by atoms with Gasteiger partial charge in [-0.25, -0.2) is 0 Å². The second-order valence-electron chi connectivity index (χ2n) is 8.17. The Bertz CT molecular complexity index is 1300. The van der Waals surface area contributed by atoms with Gasteiger partial charge in [0.05, 0.1) is 0 Å². The van der Waals surface area contributed by atoms with Crippen LogP contribution in [0.2, 0.25) is 0 Å². The predicted octanol–water partition coefficient (Wildman–Crippen LogP) is 5.99. The van der Waals surface area contributed by atoms with E-state index in [4.69, 9.17) is 6.30 Å². The number of fused-ring (bicyclic) bond motifs is 3. The van der Waals surface area contributed by atoms with Crippen molar-refractivity contribution >= 4 is 29.1 Å². The van der Waals surface area contributed by atoms with Gasteiger partial charge in [-0.1, -0.05) is 84.7 Å². The van der Waals surface area contributed by atoms with Crippen molar-refractivity contribution in [1.29, 1.82) is 0 Å². The number of benzene rings is 4. The maximum absolute atomic E-state index is 4.91. The summed E-state index contributed by atoms with van der Waals surface area (Å²) in [6, 6.07) is 31.3. The highest BCUT2D eigenvalue weighted by atomic mass is 31.2. The van der Waals surface area contributed by atoms with Crippen molar-refractivity contribution in [3.8, 4) is 22.3 Å². The van der Waals surface area contributed by atoms with Gasteiger partial charge in [-0.2, -0.15) is 0 Å². The summed E-state index contributed by atoms with van der Waals surface area (Å²) in [6.45, 7) is 4.76. The van der Waals surface area contributed by atoms with E-state index in [0.29, 0.717) is 0 Å². The Labute approximate surface area is 173 Å². The minimum absolute atomic E-state index is 1.30. The molecule has 29 heavy (non-hydrogen) atoms. The molecule has 4 aromatic carbocycles. The molecule has 5 rings (SSSR count). The molecule has 0 bridgehead atoms. The first-order chi connectivity index (χ1) is 14.0. The number of hydrogen-bond donors (Lipinski definition) is 0. The maximum atomic E-state index is 4.91. The molecular formula is C28H25P. The normalized spacial score (nSPS) is 17.1. The van der Waals surface area contributed by atoms with E-state index >= 15 is 0 Å². The van der Waals surface area contributed by atoms with Crippen LogP contribution >= 0.6 is 6.89 Å². The van der Waals surface area contributed by atoms with Gasteiger partial charge in [0.2, 0.25) is 0 Å². The van der Waals surface area contributed by atoms with Gasteiger partial charge in [0.15, 0.2) is 0 Å². The van der Waals surface area contributed by atoms with E-state index in [9.17, 15) is 0 Å². The van der Waals surface area contributed by atoms with Crippen molar-refractivity contribution in [3.05, 3.63) is 102 Å². The van der Waals surface area contributed by atoms with Crippen LogP contribution in [0.15, 0.2) is 84.9 Å². The van der Waals surface area contributed by atoms with E-state index in [1.54, 1.807) is 0 Å². The van der Waals surface area contributed by atoms with Crippen LogP contribution in [-0.2, 0) is 0 Å². The zero-order valence-corrected chi connectivity index (χ0v) is 18.1. The first kappa shape index (κ1) is 18.2. The molecule has 0 amide bonds. The summed E-state index contributed by atoms with van der Waals surface area (Å²) in [5.41, 5.74) is 9.33. The van der Waals surface area contributed by atoms with E-state index in [1.165, 1.54) is 54.9 Å². The van der Waals surface area contributed by atoms with E-state index < -0.39 is 6.89 Å². The molecule has 1 heteroatoms. The second-order valence-corrected chi connectivity index (χ2v) is 11.3. The molecule has 0 saturated carbocycles. The lowest BCUT2D eigenvalue weighted by atomic mass is 9.92. The molecule has 142 valence electrons. The fourth-order valence-electron chi connectivity index (χ4n) is 4.67. The Hall–Kier alpha value is -2.82. The van der Waals surface area contributed by atoms with Crippen LogP contribution in [0.3, 0.4) is 0 Å². The summed E-state index contributed by atoms with van der Waals surface area (Å²) < 4.78 is 0. The largest absolute Gasteiger partial charge is 0.0886 e. The van der Waals surface area contributed by atoms with Crippen LogP contribution in [0, 0.1) is 20.8 Å². The maximum Gasteiger partial charge on any atom is -0.00838 e. The smallest absolute Gasteiger partial charge is 0.00838 e. The predicted molar refractivity (Wildman–Crippen MR) is 131 cm³/mol. The lowest BCUT2D eigenvalue weighted by molar-refractivity contribution is 1.37. The first-order valence-corrected chi connectivity index (χ1v) is 12.1. The highest BCUT2D eigenvalue weighted by Gasteiger charge is 2.34. The molecule has 0 saturated heterocycles. The van der Waals surface area contributed by atoms with Gasteiger partial charge < -0.3 is 0 Å². The zero-order valence-electron chi connectivity index (χ0n) is 17.2. The summed E-state index contributed by atoms with van der Waals surface area (Å²) in [6.07, 6.45) is 4.91. The lowest BCUT2D eigenvalue weighted by Crippen LogP contribution is -2.21. The van der Waals surface area contributed by atoms with Gasteiger partial charge in [-0.3, -0.25) is 0 Å². The Morgan fingerprint density at radius 1 is 0.552 bits per heavy atom. The van der Waals surface area contributed by atoms with E-state index in [0.717, 1.165) is 0 Å². The third kappa shape index (κ3) is 2.67. The monoisotopic (exact) mass is 392 g/mol. The second kappa shape index (κ2) is 6.61. The topological polar surface area (TPSA) is 0 Å². The van der Waals surface area contributed by atoms with Crippen LogP contribution in [0.4, 0.5) is 0 Å². The van der Waals surface area contributed by atoms with Crippen LogP contribution in [0.1, 0.15) is 16.7 Å². The number of aryl methyl sites for hydroxylation is 3. The summed E-state index contributed by atoms with van der Waals surface area (Å²) in [7, 11) is 0. The summed E-state index contributed by atoms with van der Waals surface area (Å²) in [5.74, 6) is 0. The third-order valence-corrected chi connectivity index (χ3v) is 9.82. The van der Waals surface area contributed by atoms with Crippen LogP contribution in [0.5, 0.6) is 0 Å². The molecule has 1 atom stereocenters. The Morgan fingerprint density at radius 2 is 1.24 bits per heavy atom. The van der Waals surface area contributed by atoms with Crippen molar-refractivity contribution in [1.82, 2.24) is 0 Å². The minimum atomic E-state index is -1.86. The summed E-state index contributed by atoms with van der Waals surface area (Å²) in [5, 5.41) is 4.17. The van der Waals surface area contributed by atoms with Crippen LogP contribution < -0.4 is 15.9 Å². The van der Waals surface area contributed by atoms with E-state index in [-0.39, 0.29) is 0 Å². The zero-order chi connectivity index (χ0) is 20.2. The fraction of sp³-hybridized carbons (Fsp3) is 0.107. The van der Waals surface area contributed by atoms with Crippen LogP contribution in [0.25, 0.3) is 22.3 Å². The van der Waals surface area contributed by atoms with Gasteiger partial charge in [0.1, 0.15) is 0 Å². The first-order valence-electron chi connectivity index (χ1n) is 10.1. The number of hydrogen-bond acceptors (Lipinski definition) is 0. The van der Waals surface area contributed by atoms with Crippen molar-refractivity contribution < 1.29 is 0 Å². The highest BCUT2D eigenvalue weighted by Crippen LogP contribution is 2.52. The molecule has 0 aromatic heterocycles. The van der Waals surface area contributed by atoms with Crippen molar-refractivity contribution in [2.24, 2.45) is 0 Å². The van der Waals surface area contributed by atoms with Crippen molar-refractivity contribution in [3.63, 3.8) is 0 Å². The molecule has 0 radical (unpaired) electrons. The Balaban J connectivity index is 1.83. The molecule has 1 heterocycles. The molecular weight excluding hydrogens is 367 g/mol. The quantitative estimate of drug-likeness (QED) is 0.324. The standard InChI is InChI=1S/C28H25P/c1-19-14-15-20(2)24(16-19)25-18-26-23-12-8-9-13-27(23)29(4,28(26)17-21(25)3)22-10-6-5-7-11-22/h5-18H,4H2,1-3H3. The molecule has 1 aliphatic rings. The highest BCUT2D eigenvalue weighted by molar-refractivity contribution is 7.94. The van der Waals surface area contributed by atoms with Gasteiger partial charge >= 0.3 is 0 Å². The molecule has 4 aromatic rings. The van der Waals surface area contributed by atoms with Gasteiger partial charge in [0, 0.05) is 0 Å². The van der Waals surface area contributed by atoms with Crippen molar-refractivity contribution in [2.45, 2.75) is 20.8 Å². The van der Waals surface area contributed by atoms with E-state index in [2.05, 4.69) is 106 Å². The Morgan fingerprint density at radius 3 is 2.03 bits per heavy atom. The van der Waals surface area contributed by atoms with Gasteiger partial charge in [-0.05, 0) is 89.1 Å². The Kier molecular flexibility index (Phi) is 4.16. The third-order valence-electron chi connectivity index (χ3n) is 6.24. The average Bonchev–Trinajstić information content (AvgIpc) is 2.99. The molecule has 1 unspecified atom stereocenters. The van der Waals surface area contributed by atoms with Gasteiger partial charge in [-0.15, -0.1) is 0 Å². The molecule has 0 N–H and O–H groups in total. The summed E-state index contributed by atoms with van der Waals surface area (Å²) >= 11 is 0. The average molecular weight is 392 g/mol. The minimum Gasteiger partial charge on any atom is -0.0886 e.